The van der Waals surface area contributed by atoms with Crippen molar-refractivity contribution >= 4 is 57.2 Å². The van der Waals surface area contributed by atoms with E-state index in [1.165, 1.54) is 12.1 Å². The highest BCUT2D eigenvalue weighted by molar-refractivity contribution is 6.18. The lowest BCUT2D eigenvalue weighted by Gasteiger charge is -2.23. The number of hydrogen-bond acceptors (Lipinski definition) is 4. The summed E-state index contributed by atoms with van der Waals surface area (Å²) < 4.78 is 27.8. The maximum atomic E-state index is 14.4. The van der Waals surface area contributed by atoms with Crippen molar-refractivity contribution < 1.29 is 13.6 Å². The number of carbonyl (C=O) groups is 1. The van der Waals surface area contributed by atoms with Crippen LogP contribution in [0, 0.1) is 11.6 Å². The number of nitrogens with one attached hydrogen (secondary N) is 3. The molecule has 0 radical (unpaired) electrons. The molecule has 0 aliphatic carbocycles. The normalized spacial score (nSPS) is 10.8. The number of aromatic nitrogens is 1. The smallest absolute Gasteiger partial charge is 0.337 e. The minimum atomic E-state index is -0.728. The Morgan fingerprint density at radius 2 is 1.64 bits per heavy atom. The minimum absolute atomic E-state index is 0.145. The topological polar surface area (TPSA) is 69.3 Å². The lowest BCUT2D eigenvalue weighted by Crippen LogP contribution is -2.33. The third-order valence-corrected chi connectivity index (χ3v) is 5.77. The molecule has 2 amide bonds. The van der Waals surface area contributed by atoms with E-state index in [0.29, 0.717) is 52.8 Å². The molecule has 0 bridgehead atoms. The van der Waals surface area contributed by atoms with Crippen molar-refractivity contribution in [2.24, 2.45) is 0 Å². The van der Waals surface area contributed by atoms with Crippen LogP contribution in [-0.2, 0) is 0 Å². The van der Waals surface area contributed by atoms with Gasteiger partial charge in [0, 0.05) is 53.2 Å². The zero-order chi connectivity index (χ0) is 25.5. The third-order valence-electron chi connectivity index (χ3n) is 5.43. The van der Waals surface area contributed by atoms with Gasteiger partial charge >= 0.3 is 6.03 Å². The summed E-state index contributed by atoms with van der Waals surface area (Å²) in [7, 11) is 0. The number of amides is 2. The molecule has 3 aromatic carbocycles. The summed E-state index contributed by atoms with van der Waals surface area (Å²) in [6.45, 7) is 1.32. The molecule has 6 nitrogen and oxygen atoms in total. The monoisotopic (exact) mass is 529 g/mol. The average molecular weight is 530 g/mol. The number of rotatable bonds is 9. The molecule has 186 valence electrons. The maximum Gasteiger partial charge on any atom is 0.337 e. The SMILES string of the molecule is O=C(NNc1cc(-c2ccc(F)cc2F)nc2ccccc12)Nc1ccc(N(CCCl)CCCl)cc1. The third kappa shape index (κ3) is 6.13. The Bertz CT molecular complexity index is 1350. The number of hydrazine groups is 1. The van der Waals surface area contributed by atoms with Gasteiger partial charge in [-0.15, -0.1) is 23.2 Å². The minimum Gasteiger partial charge on any atom is -0.369 e. The zero-order valence-corrected chi connectivity index (χ0v) is 20.6. The van der Waals surface area contributed by atoms with Crippen molar-refractivity contribution in [3.05, 3.63) is 84.4 Å². The van der Waals surface area contributed by atoms with E-state index in [4.69, 9.17) is 23.2 Å². The maximum absolute atomic E-state index is 14.4. The largest absolute Gasteiger partial charge is 0.369 e. The van der Waals surface area contributed by atoms with Crippen molar-refractivity contribution in [3.8, 4) is 11.3 Å². The molecule has 0 unspecified atom stereocenters. The number of pyridine rings is 1. The van der Waals surface area contributed by atoms with Gasteiger partial charge in [0.15, 0.2) is 0 Å². The summed E-state index contributed by atoms with van der Waals surface area (Å²) in [6, 6.07) is 18.9. The molecule has 4 aromatic rings. The quantitative estimate of drug-likeness (QED) is 0.168. The van der Waals surface area contributed by atoms with Gasteiger partial charge < -0.3 is 10.2 Å². The average Bonchev–Trinajstić information content (AvgIpc) is 2.87. The van der Waals surface area contributed by atoms with Crippen molar-refractivity contribution in [1.29, 1.82) is 0 Å². The first-order chi connectivity index (χ1) is 17.5. The Morgan fingerprint density at radius 1 is 0.917 bits per heavy atom. The highest BCUT2D eigenvalue weighted by Crippen LogP contribution is 2.29. The van der Waals surface area contributed by atoms with Crippen LogP contribution in [0.25, 0.3) is 22.2 Å². The van der Waals surface area contributed by atoms with Crippen LogP contribution >= 0.6 is 23.2 Å². The Morgan fingerprint density at radius 3 is 2.33 bits per heavy atom. The Balaban J connectivity index is 1.49. The first kappa shape index (κ1) is 25.5. The van der Waals surface area contributed by atoms with Crippen LogP contribution in [0.2, 0.25) is 0 Å². The van der Waals surface area contributed by atoms with Crippen LogP contribution in [0.15, 0.2) is 72.8 Å². The summed E-state index contributed by atoms with van der Waals surface area (Å²) in [5.41, 5.74) is 8.53. The molecule has 36 heavy (non-hydrogen) atoms. The summed E-state index contributed by atoms with van der Waals surface area (Å²) in [4.78, 5) is 19.1. The van der Waals surface area contributed by atoms with Gasteiger partial charge in [-0.05, 0) is 48.5 Å². The number of fused-ring (bicyclic) bond motifs is 1. The van der Waals surface area contributed by atoms with Crippen molar-refractivity contribution in [2.45, 2.75) is 0 Å². The van der Waals surface area contributed by atoms with Gasteiger partial charge in [0.05, 0.1) is 16.9 Å². The second-order valence-corrected chi connectivity index (χ2v) is 8.57. The molecular formula is C26H23Cl2F2N5O. The molecule has 4 rings (SSSR count). The second-order valence-electron chi connectivity index (χ2n) is 7.81. The van der Waals surface area contributed by atoms with Crippen LogP contribution in [0.4, 0.5) is 30.6 Å². The van der Waals surface area contributed by atoms with Crippen molar-refractivity contribution in [2.75, 3.05) is 40.5 Å². The van der Waals surface area contributed by atoms with Crippen molar-refractivity contribution in [3.63, 3.8) is 0 Å². The van der Waals surface area contributed by atoms with Gasteiger partial charge in [-0.3, -0.25) is 10.9 Å². The van der Waals surface area contributed by atoms with Gasteiger partial charge in [-0.2, -0.15) is 0 Å². The van der Waals surface area contributed by atoms with E-state index in [2.05, 4.69) is 26.1 Å². The van der Waals surface area contributed by atoms with Gasteiger partial charge in [0.25, 0.3) is 0 Å². The fraction of sp³-hybridized carbons (Fsp3) is 0.154. The molecule has 1 aromatic heterocycles. The summed E-state index contributed by atoms with van der Waals surface area (Å²) in [6.07, 6.45) is 0. The predicted octanol–water partition coefficient (Wildman–Crippen LogP) is 6.61. The number of para-hydroxylation sites is 1. The summed E-state index contributed by atoms with van der Waals surface area (Å²) >= 11 is 11.7. The molecule has 0 fully saturated rings. The van der Waals surface area contributed by atoms with Gasteiger partial charge in [0.2, 0.25) is 0 Å². The first-order valence-corrected chi connectivity index (χ1v) is 12.2. The van der Waals surface area contributed by atoms with Crippen LogP contribution in [-0.4, -0.2) is 35.9 Å². The fourth-order valence-corrected chi connectivity index (χ4v) is 4.14. The standard InChI is InChI=1S/C26H23Cl2F2N5O/c27-11-13-35(14-12-28)19-8-6-18(7-9-19)31-26(36)34-33-25-16-24(20-10-5-17(29)15-22(20)30)32-23-4-2-1-3-21(23)25/h1-10,15-16H,11-14H2,(H,32,33)(H2,31,34,36). The molecule has 0 spiro atoms. The van der Waals surface area contributed by atoms with E-state index >= 15 is 0 Å². The molecule has 0 aliphatic rings. The number of alkyl halides is 2. The Kier molecular flexibility index (Phi) is 8.40. The van der Waals surface area contributed by atoms with Gasteiger partial charge in [-0.1, -0.05) is 18.2 Å². The number of halogens is 4. The van der Waals surface area contributed by atoms with E-state index in [1.807, 2.05) is 24.3 Å². The number of nitrogens with zero attached hydrogens (tertiary/aromatic N) is 2. The van der Waals surface area contributed by atoms with E-state index in [1.54, 1.807) is 30.3 Å². The second kappa shape index (κ2) is 11.9. The molecule has 0 saturated heterocycles. The zero-order valence-electron chi connectivity index (χ0n) is 19.1. The number of benzene rings is 3. The lowest BCUT2D eigenvalue weighted by atomic mass is 10.1. The highest BCUT2D eigenvalue weighted by Gasteiger charge is 2.13. The lowest BCUT2D eigenvalue weighted by molar-refractivity contribution is 0.254. The molecule has 0 atom stereocenters. The Labute approximate surface area is 217 Å². The highest BCUT2D eigenvalue weighted by atomic mass is 35.5. The van der Waals surface area contributed by atoms with Crippen LogP contribution in [0.3, 0.4) is 0 Å². The number of anilines is 3. The number of hydrogen-bond donors (Lipinski definition) is 3. The van der Waals surface area contributed by atoms with Crippen LogP contribution in [0.1, 0.15) is 0 Å². The van der Waals surface area contributed by atoms with E-state index in [-0.39, 0.29) is 5.56 Å². The van der Waals surface area contributed by atoms with Crippen molar-refractivity contribution in [1.82, 2.24) is 10.4 Å². The number of urea groups is 1. The molecule has 1 heterocycles. The van der Waals surface area contributed by atoms with E-state index in [9.17, 15) is 13.6 Å². The van der Waals surface area contributed by atoms with Gasteiger partial charge in [0.1, 0.15) is 11.6 Å². The summed E-state index contributed by atoms with van der Waals surface area (Å²) in [5.74, 6) is -0.449. The molecular weight excluding hydrogens is 507 g/mol. The van der Waals surface area contributed by atoms with Crippen LogP contribution in [0.5, 0.6) is 0 Å². The Hall–Kier alpha value is -3.62. The van der Waals surface area contributed by atoms with E-state index in [0.717, 1.165) is 11.8 Å². The van der Waals surface area contributed by atoms with Crippen LogP contribution < -0.4 is 21.1 Å². The first-order valence-electron chi connectivity index (χ1n) is 11.1. The predicted molar refractivity (Wildman–Crippen MR) is 143 cm³/mol. The fourth-order valence-electron chi connectivity index (χ4n) is 3.73. The number of carbonyl (C=O) groups excluding carboxylic acids is 1. The van der Waals surface area contributed by atoms with E-state index < -0.39 is 17.7 Å². The molecule has 10 heteroatoms. The molecule has 3 N–H and O–H groups in total. The molecule has 0 aliphatic heterocycles. The molecule has 0 saturated carbocycles. The van der Waals surface area contributed by atoms with Gasteiger partial charge in [-0.25, -0.2) is 18.6 Å². The summed E-state index contributed by atoms with van der Waals surface area (Å²) in [5, 5.41) is 3.47.